The molecular weight excluding hydrogens is 294 g/mol. The Morgan fingerprint density at radius 3 is 2.68 bits per heavy atom. The molecule has 2 saturated heterocycles. The highest BCUT2D eigenvalue weighted by molar-refractivity contribution is 7.11. The first-order valence-corrected chi connectivity index (χ1v) is 9.52. The van der Waals surface area contributed by atoms with Crippen LogP contribution in [-0.4, -0.2) is 52.9 Å². The molecule has 2 aliphatic heterocycles. The molecule has 0 unspecified atom stereocenters. The predicted molar refractivity (Wildman–Crippen MR) is 90.6 cm³/mol. The molecule has 0 aliphatic carbocycles. The fraction of sp³-hybridized carbons (Fsp3) is 0.765. The lowest BCUT2D eigenvalue weighted by Crippen LogP contribution is -2.49. The van der Waals surface area contributed by atoms with E-state index in [1.807, 2.05) is 5.38 Å². The minimum absolute atomic E-state index is 0.154. The molecule has 3 heterocycles. The Morgan fingerprint density at radius 1 is 1.27 bits per heavy atom. The molecule has 0 N–H and O–H groups in total. The SMILES string of the molecule is CC(C)c1csc(C(=O)N2CCCC[C@H]2CN2CCCC2)n1. The molecule has 0 saturated carbocycles. The highest BCUT2D eigenvalue weighted by Gasteiger charge is 2.31. The van der Waals surface area contributed by atoms with Gasteiger partial charge in [0.15, 0.2) is 5.01 Å². The second kappa shape index (κ2) is 7.09. The molecule has 4 nitrogen and oxygen atoms in total. The summed E-state index contributed by atoms with van der Waals surface area (Å²) in [4.78, 5) is 22.1. The number of likely N-dealkylation sites (tertiary alicyclic amines) is 2. The average Bonchev–Trinajstić information content (AvgIpc) is 3.18. The van der Waals surface area contributed by atoms with Crippen molar-refractivity contribution < 1.29 is 4.79 Å². The molecule has 3 rings (SSSR count). The molecule has 22 heavy (non-hydrogen) atoms. The first-order valence-electron chi connectivity index (χ1n) is 8.64. The van der Waals surface area contributed by atoms with Gasteiger partial charge in [-0.2, -0.15) is 0 Å². The highest BCUT2D eigenvalue weighted by Crippen LogP contribution is 2.24. The van der Waals surface area contributed by atoms with Crippen LogP contribution in [-0.2, 0) is 0 Å². The minimum Gasteiger partial charge on any atom is -0.332 e. The summed E-state index contributed by atoms with van der Waals surface area (Å²) in [5, 5.41) is 2.72. The van der Waals surface area contributed by atoms with Crippen LogP contribution in [0.4, 0.5) is 0 Å². The van der Waals surface area contributed by atoms with Crippen LogP contribution < -0.4 is 0 Å². The van der Waals surface area contributed by atoms with E-state index in [1.54, 1.807) is 0 Å². The van der Waals surface area contributed by atoms with Gasteiger partial charge in [0.2, 0.25) is 0 Å². The summed E-state index contributed by atoms with van der Waals surface area (Å²) in [6.07, 6.45) is 6.14. The number of piperidine rings is 1. The molecular formula is C17H27N3OS. The van der Waals surface area contributed by atoms with Crippen molar-refractivity contribution in [1.29, 1.82) is 0 Å². The summed E-state index contributed by atoms with van der Waals surface area (Å²) in [5.41, 5.74) is 1.04. The zero-order chi connectivity index (χ0) is 15.5. The van der Waals surface area contributed by atoms with Crippen LogP contribution in [0, 0.1) is 0 Å². The Morgan fingerprint density at radius 2 is 2.00 bits per heavy atom. The fourth-order valence-corrected chi connectivity index (χ4v) is 4.43. The molecule has 2 aliphatic rings. The van der Waals surface area contributed by atoms with Crippen molar-refractivity contribution in [2.24, 2.45) is 0 Å². The summed E-state index contributed by atoms with van der Waals surface area (Å²) in [5.74, 6) is 0.542. The van der Waals surface area contributed by atoms with Crippen molar-refractivity contribution >= 4 is 17.2 Å². The lowest BCUT2D eigenvalue weighted by molar-refractivity contribution is 0.0560. The Balaban J connectivity index is 1.69. The molecule has 1 amide bonds. The first kappa shape index (κ1) is 15.9. The van der Waals surface area contributed by atoms with Crippen molar-refractivity contribution in [3.05, 3.63) is 16.1 Å². The third kappa shape index (κ3) is 3.51. The smallest absolute Gasteiger partial charge is 0.283 e. The van der Waals surface area contributed by atoms with E-state index in [0.717, 1.165) is 31.6 Å². The largest absolute Gasteiger partial charge is 0.332 e. The second-order valence-electron chi connectivity index (χ2n) is 6.89. The van der Waals surface area contributed by atoms with Crippen molar-refractivity contribution in [3.8, 4) is 0 Å². The van der Waals surface area contributed by atoms with E-state index in [2.05, 4.69) is 28.6 Å². The summed E-state index contributed by atoms with van der Waals surface area (Å²) >= 11 is 1.51. The summed E-state index contributed by atoms with van der Waals surface area (Å²) in [7, 11) is 0. The fourth-order valence-electron chi connectivity index (χ4n) is 3.49. The maximum atomic E-state index is 12.9. The monoisotopic (exact) mass is 321 g/mol. The van der Waals surface area contributed by atoms with Crippen LogP contribution in [0.5, 0.6) is 0 Å². The number of amides is 1. The molecule has 1 atom stereocenters. The molecule has 0 spiro atoms. The summed E-state index contributed by atoms with van der Waals surface area (Å²) < 4.78 is 0. The van der Waals surface area contributed by atoms with Crippen molar-refractivity contribution in [2.75, 3.05) is 26.2 Å². The number of hydrogen-bond acceptors (Lipinski definition) is 4. The zero-order valence-electron chi connectivity index (χ0n) is 13.8. The molecule has 1 aromatic rings. The van der Waals surface area contributed by atoms with Crippen molar-refractivity contribution in [1.82, 2.24) is 14.8 Å². The van der Waals surface area contributed by atoms with Gasteiger partial charge in [-0.3, -0.25) is 4.79 Å². The van der Waals surface area contributed by atoms with E-state index in [4.69, 9.17) is 0 Å². The van der Waals surface area contributed by atoms with Gasteiger partial charge >= 0.3 is 0 Å². The lowest BCUT2D eigenvalue weighted by atomic mass is 10.0. The van der Waals surface area contributed by atoms with E-state index in [0.29, 0.717) is 17.0 Å². The molecule has 2 fully saturated rings. The molecule has 0 aromatic carbocycles. The number of rotatable bonds is 4. The quantitative estimate of drug-likeness (QED) is 0.853. The maximum Gasteiger partial charge on any atom is 0.283 e. The van der Waals surface area contributed by atoms with Crippen LogP contribution in [0.15, 0.2) is 5.38 Å². The van der Waals surface area contributed by atoms with E-state index >= 15 is 0 Å². The van der Waals surface area contributed by atoms with Gasteiger partial charge in [0.1, 0.15) is 0 Å². The number of carbonyl (C=O) groups is 1. The van der Waals surface area contributed by atoms with E-state index in [-0.39, 0.29) is 5.91 Å². The van der Waals surface area contributed by atoms with Gasteiger partial charge in [0, 0.05) is 24.5 Å². The Labute approximate surface area is 137 Å². The third-order valence-electron chi connectivity index (χ3n) is 4.85. The topological polar surface area (TPSA) is 36.4 Å². The van der Waals surface area contributed by atoms with Gasteiger partial charge in [0.05, 0.1) is 5.69 Å². The van der Waals surface area contributed by atoms with Gasteiger partial charge in [-0.05, 0) is 51.1 Å². The number of nitrogens with zero attached hydrogens (tertiary/aromatic N) is 3. The van der Waals surface area contributed by atoms with E-state index < -0.39 is 0 Å². The maximum absolute atomic E-state index is 12.9. The first-order chi connectivity index (χ1) is 10.6. The standard InChI is InChI=1S/C17H27N3OS/c1-13(2)15-12-22-16(18-15)17(21)20-10-4-3-7-14(20)11-19-8-5-6-9-19/h12-14H,3-11H2,1-2H3/t14-/m0/s1. The van der Waals surface area contributed by atoms with E-state index in [1.165, 1.54) is 43.7 Å². The molecule has 5 heteroatoms. The zero-order valence-corrected chi connectivity index (χ0v) is 14.6. The molecule has 0 radical (unpaired) electrons. The lowest BCUT2D eigenvalue weighted by Gasteiger charge is -2.37. The summed E-state index contributed by atoms with van der Waals surface area (Å²) in [6, 6.07) is 0.380. The predicted octanol–water partition coefficient (Wildman–Crippen LogP) is 3.36. The summed E-state index contributed by atoms with van der Waals surface area (Å²) in [6.45, 7) is 8.60. The van der Waals surface area contributed by atoms with E-state index in [9.17, 15) is 4.79 Å². The Bertz CT molecular complexity index is 508. The Hall–Kier alpha value is -0.940. The van der Waals surface area contributed by atoms with Crippen LogP contribution in [0.25, 0.3) is 0 Å². The van der Waals surface area contributed by atoms with Crippen molar-refractivity contribution in [3.63, 3.8) is 0 Å². The van der Waals surface area contributed by atoms with Crippen LogP contribution in [0.2, 0.25) is 0 Å². The van der Waals surface area contributed by atoms with Gasteiger partial charge in [-0.1, -0.05) is 13.8 Å². The molecule has 1 aromatic heterocycles. The van der Waals surface area contributed by atoms with Gasteiger partial charge < -0.3 is 9.80 Å². The normalized spacial score (nSPS) is 23.4. The number of aromatic nitrogens is 1. The highest BCUT2D eigenvalue weighted by atomic mass is 32.1. The van der Waals surface area contributed by atoms with Gasteiger partial charge in [0.25, 0.3) is 5.91 Å². The minimum atomic E-state index is 0.154. The number of hydrogen-bond donors (Lipinski definition) is 0. The molecule has 0 bridgehead atoms. The van der Waals surface area contributed by atoms with Gasteiger partial charge in [-0.15, -0.1) is 11.3 Å². The average molecular weight is 321 g/mol. The number of carbonyl (C=O) groups excluding carboxylic acids is 1. The van der Waals surface area contributed by atoms with Gasteiger partial charge in [-0.25, -0.2) is 4.98 Å². The van der Waals surface area contributed by atoms with Crippen LogP contribution in [0.1, 0.15) is 67.4 Å². The van der Waals surface area contributed by atoms with Crippen LogP contribution >= 0.6 is 11.3 Å². The Kier molecular flexibility index (Phi) is 5.14. The molecule has 122 valence electrons. The van der Waals surface area contributed by atoms with Crippen LogP contribution in [0.3, 0.4) is 0 Å². The number of thiazole rings is 1. The van der Waals surface area contributed by atoms with Crippen molar-refractivity contribution in [2.45, 2.75) is 57.9 Å². The third-order valence-corrected chi connectivity index (χ3v) is 5.70. The second-order valence-corrected chi connectivity index (χ2v) is 7.75.